The predicted octanol–water partition coefficient (Wildman–Crippen LogP) is 1.46. The third-order valence-corrected chi connectivity index (χ3v) is 4.40. The number of amides is 2. The number of hydrogen-bond acceptors (Lipinski definition) is 5. The van der Waals surface area contributed by atoms with Gasteiger partial charge in [-0.3, -0.25) is 0 Å². The molecule has 7 nitrogen and oxygen atoms in total. The molecular weight excluding hydrogens is 294 g/mol. The molecule has 1 fully saturated rings. The molecule has 116 valence electrons. The largest absolute Gasteiger partial charge is 0.476 e. The highest BCUT2D eigenvalue weighted by Gasteiger charge is 2.27. The number of hydrogen-bond donors (Lipinski definition) is 3. The third kappa shape index (κ3) is 4.68. The van der Waals surface area contributed by atoms with Crippen LogP contribution in [0.5, 0.6) is 0 Å². The summed E-state index contributed by atoms with van der Waals surface area (Å²) >= 11 is 1.21. The molecule has 1 saturated heterocycles. The lowest BCUT2D eigenvalue weighted by atomic mass is 9.82. The summed E-state index contributed by atoms with van der Waals surface area (Å²) in [5.41, 5.74) is 0.0830. The van der Waals surface area contributed by atoms with E-state index in [1.807, 2.05) is 0 Å². The maximum Gasteiger partial charge on any atom is 0.355 e. The van der Waals surface area contributed by atoms with Crippen molar-refractivity contribution in [2.45, 2.75) is 26.3 Å². The topological polar surface area (TPSA) is 101 Å². The molecule has 2 amide bonds. The average Bonchev–Trinajstić information content (AvgIpc) is 2.93. The van der Waals surface area contributed by atoms with Gasteiger partial charge in [0.25, 0.3) is 0 Å². The number of nitrogens with zero attached hydrogens (tertiary/aromatic N) is 1. The van der Waals surface area contributed by atoms with Crippen LogP contribution >= 0.6 is 11.3 Å². The number of ether oxygens (including phenoxy) is 1. The number of rotatable bonds is 5. The van der Waals surface area contributed by atoms with Gasteiger partial charge in [0.2, 0.25) is 0 Å². The van der Waals surface area contributed by atoms with Gasteiger partial charge in [0.05, 0.1) is 6.54 Å². The number of carbonyl (C=O) groups excluding carboxylic acids is 1. The molecule has 8 heteroatoms. The Morgan fingerprint density at radius 1 is 1.43 bits per heavy atom. The lowest BCUT2D eigenvalue weighted by Gasteiger charge is -2.33. The molecule has 0 aliphatic carbocycles. The Hall–Kier alpha value is -1.67. The molecule has 2 heterocycles. The van der Waals surface area contributed by atoms with E-state index in [4.69, 9.17) is 9.84 Å². The van der Waals surface area contributed by atoms with Crippen LogP contribution < -0.4 is 10.6 Å². The predicted molar refractivity (Wildman–Crippen MR) is 77.5 cm³/mol. The van der Waals surface area contributed by atoms with Crippen LogP contribution in [0.15, 0.2) is 5.38 Å². The van der Waals surface area contributed by atoms with Crippen molar-refractivity contribution in [1.29, 1.82) is 0 Å². The van der Waals surface area contributed by atoms with Crippen LogP contribution in [0.4, 0.5) is 4.79 Å². The standard InChI is InChI=1S/C13H19N3O4S/c1-13(2-4-20-5-3-13)8-15-12(19)14-6-10-16-9(7-21-10)11(17)18/h7H,2-6,8H2,1H3,(H,17,18)(H2,14,15,19). The van der Waals surface area contributed by atoms with Gasteiger partial charge in [-0.1, -0.05) is 6.92 Å². The summed E-state index contributed by atoms with van der Waals surface area (Å²) in [6.07, 6.45) is 1.86. The van der Waals surface area contributed by atoms with Gasteiger partial charge in [-0.25, -0.2) is 14.6 Å². The highest BCUT2D eigenvalue weighted by molar-refractivity contribution is 7.09. The number of nitrogens with one attached hydrogen (secondary N) is 2. The summed E-state index contributed by atoms with van der Waals surface area (Å²) in [5.74, 6) is -1.06. The average molecular weight is 313 g/mol. The first-order chi connectivity index (χ1) is 9.98. The molecule has 0 atom stereocenters. The summed E-state index contributed by atoms with van der Waals surface area (Å²) in [6, 6.07) is -0.269. The molecule has 21 heavy (non-hydrogen) atoms. The number of carboxylic acids is 1. The van der Waals surface area contributed by atoms with Gasteiger partial charge >= 0.3 is 12.0 Å². The zero-order valence-electron chi connectivity index (χ0n) is 11.8. The Kier molecular flexibility index (Phi) is 5.13. The summed E-state index contributed by atoms with van der Waals surface area (Å²) in [4.78, 5) is 26.4. The number of aromatic nitrogens is 1. The minimum absolute atomic E-state index is 0.00641. The highest BCUT2D eigenvalue weighted by Crippen LogP contribution is 2.28. The van der Waals surface area contributed by atoms with E-state index < -0.39 is 5.97 Å². The maximum absolute atomic E-state index is 11.7. The number of urea groups is 1. The van der Waals surface area contributed by atoms with Crippen LogP contribution in [0.3, 0.4) is 0 Å². The Balaban J connectivity index is 1.72. The minimum Gasteiger partial charge on any atom is -0.476 e. The first-order valence-corrected chi connectivity index (χ1v) is 7.64. The fourth-order valence-corrected chi connectivity index (χ4v) is 2.75. The van der Waals surface area contributed by atoms with Gasteiger partial charge in [0.15, 0.2) is 5.69 Å². The number of aromatic carboxylic acids is 1. The van der Waals surface area contributed by atoms with Crippen molar-refractivity contribution in [3.8, 4) is 0 Å². The van der Waals surface area contributed by atoms with E-state index in [9.17, 15) is 9.59 Å². The monoisotopic (exact) mass is 313 g/mol. The van der Waals surface area contributed by atoms with Crippen LogP contribution in [0, 0.1) is 5.41 Å². The molecule has 3 N–H and O–H groups in total. The van der Waals surface area contributed by atoms with E-state index in [-0.39, 0.29) is 23.7 Å². The second kappa shape index (κ2) is 6.86. The zero-order valence-corrected chi connectivity index (χ0v) is 12.7. The van der Waals surface area contributed by atoms with Crippen LogP contribution in [-0.4, -0.2) is 41.8 Å². The Bertz CT molecular complexity index is 511. The van der Waals surface area contributed by atoms with Crippen molar-refractivity contribution in [2.24, 2.45) is 5.41 Å². The van der Waals surface area contributed by atoms with E-state index in [0.29, 0.717) is 11.6 Å². The molecule has 1 aliphatic heterocycles. The first-order valence-electron chi connectivity index (χ1n) is 6.76. The smallest absolute Gasteiger partial charge is 0.355 e. The van der Waals surface area contributed by atoms with Crippen molar-refractivity contribution in [3.05, 3.63) is 16.1 Å². The molecule has 1 aromatic rings. The van der Waals surface area contributed by atoms with E-state index in [1.54, 1.807) is 0 Å². The van der Waals surface area contributed by atoms with Crippen LogP contribution in [0.2, 0.25) is 0 Å². The molecular formula is C13H19N3O4S. The van der Waals surface area contributed by atoms with Crippen molar-refractivity contribution in [1.82, 2.24) is 15.6 Å². The van der Waals surface area contributed by atoms with Gasteiger partial charge < -0.3 is 20.5 Å². The molecule has 2 rings (SSSR count). The van der Waals surface area contributed by atoms with E-state index >= 15 is 0 Å². The van der Waals surface area contributed by atoms with Gasteiger partial charge in [0.1, 0.15) is 5.01 Å². The Morgan fingerprint density at radius 3 is 2.76 bits per heavy atom. The SMILES string of the molecule is CC1(CNC(=O)NCc2nc(C(=O)O)cs2)CCOCC1. The Labute approximate surface area is 126 Å². The quantitative estimate of drug-likeness (QED) is 0.764. The summed E-state index contributed by atoms with van der Waals surface area (Å²) in [6.45, 7) is 4.42. The van der Waals surface area contributed by atoms with Crippen LogP contribution in [-0.2, 0) is 11.3 Å². The summed E-state index contributed by atoms with van der Waals surface area (Å²) in [7, 11) is 0. The van der Waals surface area contributed by atoms with Crippen molar-refractivity contribution < 1.29 is 19.4 Å². The second-order valence-electron chi connectivity index (χ2n) is 5.39. The van der Waals surface area contributed by atoms with Crippen molar-refractivity contribution in [3.63, 3.8) is 0 Å². The maximum atomic E-state index is 11.7. The molecule has 1 aliphatic rings. The first kappa shape index (κ1) is 15.7. The second-order valence-corrected chi connectivity index (χ2v) is 6.33. The molecule has 0 aromatic carbocycles. The fourth-order valence-electron chi connectivity index (χ4n) is 2.04. The molecule has 0 saturated carbocycles. The van der Waals surface area contributed by atoms with Crippen LogP contribution in [0.25, 0.3) is 0 Å². The Morgan fingerprint density at radius 2 is 2.14 bits per heavy atom. The molecule has 0 spiro atoms. The zero-order chi connectivity index (χ0) is 15.3. The lowest BCUT2D eigenvalue weighted by molar-refractivity contribution is 0.0252. The van der Waals surface area contributed by atoms with E-state index in [2.05, 4.69) is 22.5 Å². The van der Waals surface area contributed by atoms with Crippen molar-refractivity contribution in [2.75, 3.05) is 19.8 Å². The minimum atomic E-state index is -1.06. The van der Waals surface area contributed by atoms with Crippen molar-refractivity contribution >= 4 is 23.3 Å². The molecule has 0 bridgehead atoms. The fraction of sp³-hybridized carbons (Fsp3) is 0.615. The normalized spacial score (nSPS) is 17.2. The van der Waals surface area contributed by atoms with Gasteiger partial charge in [-0.15, -0.1) is 11.3 Å². The van der Waals surface area contributed by atoms with Gasteiger partial charge in [-0.05, 0) is 18.3 Å². The van der Waals surface area contributed by atoms with E-state index in [1.165, 1.54) is 16.7 Å². The number of carboxylic acid groups (broad SMARTS) is 1. The molecule has 0 radical (unpaired) electrons. The number of carbonyl (C=O) groups is 2. The van der Waals surface area contributed by atoms with Gasteiger partial charge in [0, 0.05) is 25.1 Å². The summed E-state index contributed by atoms with van der Waals surface area (Å²) in [5, 5.41) is 16.3. The van der Waals surface area contributed by atoms with Gasteiger partial charge in [-0.2, -0.15) is 0 Å². The molecule has 0 unspecified atom stereocenters. The lowest BCUT2D eigenvalue weighted by Crippen LogP contribution is -2.43. The summed E-state index contributed by atoms with van der Waals surface area (Å²) < 4.78 is 5.32. The number of thiazole rings is 1. The molecule has 1 aromatic heterocycles. The highest BCUT2D eigenvalue weighted by atomic mass is 32.1. The van der Waals surface area contributed by atoms with E-state index in [0.717, 1.165) is 26.1 Å². The third-order valence-electron chi connectivity index (χ3n) is 3.55. The van der Waals surface area contributed by atoms with Crippen LogP contribution in [0.1, 0.15) is 35.3 Å².